The lowest BCUT2D eigenvalue weighted by atomic mass is 10.1. The second-order valence-electron chi connectivity index (χ2n) is 4.22. The van der Waals surface area contributed by atoms with Gasteiger partial charge in [-0.25, -0.2) is 13.2 Å². The standard InChI is InChI=1S/C9H13N3O6S/c1-19(15,16)9-12-11-7(18-9)6-3-2-5(4-17-6)10-8(13)14/h5-6,10H,2-4H2,1H3,(H,13,14)/t5-,6+/m1/s1. The number of nitrogens with one attached hydrogen (secondary N) is 1. The van der Waals surface area contributed by atoms with Gasteiger partial charge in [-0.1, -0.05) is 5.10 Å². The van der Waals surface area contributed by atoms with Crippen molar-refractivity contribution in [3.05, 3.63) is 5.89 Å². The molecular weight excluding hydrogens is 278 g/mol. The third-order valence-electron chi connectivity index (χ3n) is 2.62. The molecule has 2 rings (SSSR count). The van der Waals surface area contributed by atoms with Crippen molar-refractivity contribution in [1.29, 1.82) is 0 Å². The molecule has 106 valence electrons. The van der Waals surface area contributed by atoms with Crippen molar-refractivity contribution >= 4 is 15.9 Å². The summed E-state index contributed by atoms with van der Waals surface area (Å²) < 4.78 is 32.8. The van der Waals surface area contributed by atoms with E-state index in [0.29, 0.717) is 12.8 Å². The van der Waals surface area contributed by atoms with Gasteiger partial charge in [-0.2, -0.15) is 0 Å². The van der Waals surface area contributed by atoms with E-state index in [9.17, 15) is 13.2 Å². The van der Waals surface area contributed by atoms with Crippen molar-refractivity contribution in [2.75, 3.05) is 12.9 Å². The summed E-state index contributed by atoms with van der Waals surface area (Å²) in [7, 11) is -3.53. The van der Waals surface area contributed by atoms with Crippen molar-refractivity contribution < 1.29 is 27.5 Å². The summed E-state index contributed by atoms with van der Waals surface area (Å²) in [6.45, 7) is 0.174. The largest absolute Gasteiger partial charge is 0.465 e. The van der Waals surface area contributed by atoms with Gasteiger partial charge in [-0.3, -0.25) is 0 Å². The normalized spacial score (nSPS) is 24.1. The fourth-order valence-corrected chi connectivity index (χ4v) is 2.16. The van der Waals surface area contributed by atoms with Gasteiger partial charge in [0.1, 0.15) is 6.10 Å². The Morgan fingerprint density at radius 3 is 2.63 bits per heavy atom. The van der Waals surface area contributed by atoms with Crippen LogP contribution in [0.15, 0.2) is 9.64 Å². The predicted molar refractivity (Wildman–Crippen MR) is 60.3 cm³/mol. The van der Waals surface area contributed by atoms with E-state index in [1.54, 1.807) is 0 Å². The molecule has 1 aromatic heterocycles. The molecule has 0 bridgehead atoms. The SMILES string of the molecule is CS(=O)(=O)c1nnc([C@@H]2CC[C@@H](NC(=O)O)CO2)o1. The molecule has 19 heavy (non-hydrogen) atoms. The molecule has 2 atom stereocenters. The fraction of sp³-hybridized carbons (Fsp3) is 0.667. The number of aromatic nitrogens is 2. The summed E-state index contributed by atoms with van der Waals surface area (Å²) in [5.41, 5.74) is 0. The van der Waals surface area contributed by atoms with Crippen molar-refractivity contribution in [3.63, 3.8) is 0 Å². The van der Waals surface area contributed by atoms with Crippen LogP contribution < -0.4 is 5.32 Å². The Morgan fingerprint density at radius 2 is 2.16 bits per heavy atom. The number of sulfone groups is 1. The van der Waals surface area contributed by atoms with Gasteiger partial charge in [0.05, 0.1) is 12.6 Å². The van der Waals surface area contributed by atoms with Gasteiger partial charge in [0, 0.05) is 6.26 Å². The van der Waals surface area contributed by atoms with Gasteiger partial charge in [0.25, 0.3) is 0 Å². The molecule has 10 heteroatoms. The Bertz CT molecular complexity index is 560. The molecule has 1 amide bonds. The predicted octanol–water partition coefficient (Wildman–Crippen LogP) is -0.0392. The number of nitrogens with zero attached hydrogens (tertiary/aromatic N) is 2. The van der Waals surface area contributed by atoms with Crippen LogP contribution in [0, 0.1) is 0 Å². The summed E-state index contributed by atoms with van der Waals surface area (Å²) in [6, 6.07) is -0.286. The van der Waals surface area contributed by atoms with E-state index in [2.05, 4.69) is 15.5 Å². The molecule has 2 heterocycles. The Labute approximate surface area is 108 Å². The first-order valence-corrected chi connectivity index (χ1v) is 7.40. The van der Waals surface area contributed by atoms with Gasteiger partial charge in [-0.15, -0.1) is 5.10 Å². The number of carboxylic acid groups (broad SMARTS) is 1. The van der Waals surface area contributed by atoms with Crippen LogP contribution >= 0.6 is 0 Å². The molecule has 1 aromatic rings. The van der Waals surface area contributed by atoms with Crippen LogP contribution in [-0.2, 0) is 14.6 Å². The average Bonchev–Trinajstić information content (AvgIpc) is 2.78. The lowest BCUT2D eigenvalue weighted by Gasteiger charge is -2.26. The molecule has 0 unspecified atom stereocenters. The zero-order valence-electron chi connectivity index (χ0n) is 10.1. The third-order valence-corrected chi connectivity index (χ3v) is 3.42. The average molecular weight is 291 g/mol. The maximum atomic E-state index is 11.2. The van der Waals surface area contributed by atoms with Gasteiger partial charge in [0.2, 0.25) is 15.7 Å². The quantitative estimate of drug-likeness (QED) is 0.792. The van der Waals surface area contributed by atoms with E-state index >= 15 is 0 Å². The first kappa shape index (κ1) is 13.7. The molecule has 1 saturated heterocycles. The summed E-state index contributed by atoms with van der Waals surface area (Å²) in [6.07, 6.45) is 0.377. The molecule has 0 saturated carbocycles. The number of rotatable bonds is 3. The van der Waals surface area contributed by atoms with E-state index in [-0.39, 0.29) is 18.5 Å². The minimum atomic E-state index is -3.53. The zero-order valence-corrected chi connectivity index (χ0v) is 10.9. The second-order valence-corrected chi connectivity index (χ2v) is 6.12. The van der Waals surface area contributed by atoms with Crippen LogP contribution in [0.2, 0.25) is 0 Å². The molecule has 1 aliphatic heterocycles. The smallest absolute Gasteiger partial charge is 0.404 e. The zero-order chi connectivity index (χ0) is 14.0. The van der Waals surface area contributed by atoms with Gasteiger partial charge >= 0.3 is 11.3 Å². The van der Waals surface area contributed by atoms with Gasteiger partial charge < -0.3 is 19.6 Å². The summed E-state index contributed by atoms with van der Waals surface area (Å²) in [5.74, 6) is 0.0919. The molecule has 0 radical (unpaired) electrons. The molecule has 1 fully saturated rings. The Morgan fingerprint density at radius 1 is 1.42 bits per heavy atom. The molecular formula is C9H13N3O6S. The summed E-state index contributed by atoms with van der Waals surface area (Å²) >= 11 is 0. The van der Waals surface area contributed by atoms with Crippen LogP contribution in [0.3, 0.4) is 0 Å². The molecule has 2 N–H and O–H groups in total. The Hall–Kier alpha value is -1.68. The summed E-state index contributed by atoms with van der Waals surface area (Å²) in [4.78, 5) is 10.5. The van der Waals surface area contributed by atoms with E-state index in [4.69, 9.17) is 14.3 Å². The maximum Gasteiger partial charge on any atom is 0.404 e. The van der Waals surface area contributed by atoms with Crippen molar-refractivity contribution in [2.45, 2.75) is 30.2 Å². The second kappa shape index (κ2) is 5.13. The van der Waals surface area contributed by atoms with E-state index in [1.165, 1.54) is 0 Å². The molecule has 1 aliphatic rings. The van der Waals surface area contributed by atoms with Gasteiger partial charge in [0.15, 0.2) is 0 Å². The topological polar surface area (TPSA) is 132 Å². The third kappa shape index (κ3) is 3.41. The molecule has 0 aliphatic carbocycles. The highest BCUT2D eigenvalue weighted by molar-refractivity contribution is 7.90. The maximum absolute atomic E-state index is 11.2. The van der Waals surface area contributed by atoms with E-state index in [1.807, 2.05) is 0 Å². The Kier molecular flexibility index (Phi) is 3.71. The monoisotopic (exact) mass is 291 g/mol. The van der Waals surface area contributed by atoms with Crippen molar-refractivity contribution in [1.82, 2.24) is 15.5 Å². The first-order valence-electron chi connectivity index (χ1n) is 5.51. The molecule has 9 nitrogen and oxygen atoms in total. The Balaban J connectivity index is 1.98. The highest BCUT2D eigenvalue weighted by atomic mass is 32.2. The highest BCUT2D eigenvalue weighted by Crippen LogP contribution is 2.27. The summed E-state index contributed by atoms with van der Waals surface area (Å²) in [5, 5.41) is 17.5. The lowest BCUT2D eigenvalue weighted by Crippen LogP contribution is -2.40. The highest BCUT2D eigenvalue weighted by Gasteiger charge is 2.29. The number of carbonyl (C=O) groups is 1. The van der Waals surface area contributed by atoms with Crippen LogP contribution in [0.5, 0.6) is 0 Å². The molecule has 0 spiro atoms. The number of ether oxygens (including phenoxy) is 1. The van der Waals surface area contributed by atoms with Crippen LogP contribution in [0.1, 0.15) is 24.8 Å². The van der Waals surface area contributed by atoms with Crippen LogP contribution in [0.25, 0.3) is 0 Å². The lowest BCUT2D eigenvalue weighted by molar-refractivity contribution is -0.0191. The first-order chi connectivity index (χ1) is 8.86. The fourth-order valence-electron chi connectivity index (χ4n) is 1.74. The molecule has 0 aromatic carbocycles. The van der Waals surface area contributed by atoms with E-state index < -0.39 is 27.3 Å². The van der Waals surface area contributed by atoms with Crippen molar-refractivity contribution in [2.24, 2.45) is 0 Å². The number of hydrogen-bond donors (Lipinski definition) is 2. The van der Waals surface area contributed by atoms with Gasteiger partial charge in [-0.05, 0) is 12.8 Å². The van der Waals surface area contributed by atoms with Crippen molar-refractivity contribution in [3.8, 4) is 0 Å². The van der Waals surface area contributed by atoms with Crippen LogP contribution in [-0.4, -0.2) is 48.7 Å². The van der Waals surface area contributed by atoms with E-state index in [0.717, 1.165) is 6.26 Å². The number of amides is 1. The van der Waals surface area contributed by atoms with Crippen LogP contribution in [0.4, 0.5) is 4.79 Å². The number of hydrogen-bond acceptors (Lipinski definition) is 7. The minimum Gasteiger partial charge on any atom is -0.465 e. The minimum absolute atomic E-state index is 0.0919.